The highest BCUT2D eigenvalue weighted by Gasteiger charge is 1.95. The van der Waals surface area contributed by atoms with Crippen LogP contribution in [-0.4, -0.2) is 13.1 Å². The first-order valence-corrected chi connectivity index (χ1v) is 16.4. The summed E-state index contributed by atoms with van der Waals surface area (Å²) in [6.45, 7) is 6.82. The van der Waals surface area contributed by atoms with Crippen molar-refractivity contribution in [1.29, 1.82) is 0 Å². The summed E-state index contributed by atoms with van der Waals surface area (Å²) in [6.07, 6.45) is 40.4. The largest absolute Gasteiger partial charge is 1.00 e. The second-order valence-corrected chi connectivity index (χ2v) is 10.9. The monoisotopic (exact) mass is 555 g/mol. The van der Waals surface area contributed by atoms with Crippen molar-refractivity contribution in [2.24, 2.45) is 0 Å². The Balaban J connectivity index is -0.000000269. The SMILES string of the molecule is CCCCCCCCCCCCCCCC[NH3+].CCCCCCCCCCCCCCCC[NH3+].[Cl-].[Cl-]. The summed E-state index contributed by atoms with van der Waals surface area (Å²) >= 11 is 0. The lowest BCUT2D eigenvalue weighted by molar-refractivity contribution is -0.368. The molecule has 4 heteroatoms. The Labute approximate surface area is 242 Å². The van der Waals surface area contributed by atoms with Crippen LogP contribution in [0.15, 0.2) is 0 Å². The molecule has 0 spiro atoms. The van der Waals surface area contributed by atoms with Crippen LogP contribution in [0, 0.1) is 0 Å². The van der Waals surface area contributed by atoms with Crippen LogP contribution in [0.3, 0.4) is 0 Å². The molecule has 2 nitrogen and oxygen atoms in total. The lowest BCUT2D eigenvalue weighted by Gasteiger charge is -2.02. The van der Waals surface area contributed by atoms with Gasteiger partial charge in [0.25, 0.3) is 0 Å². The van der Waals surface area contributed by atoms with Gasteiger partial charge in [-0.05, 0) is 25.7 Å². The van der Waals surface area contributed by atoms with Gasteiger partial charge in [-0.2, -0.15) is 0 Å². The molecule has 0 aliphatic rings. The maximum Gasteiger partial charge on any atom is 0.0739 e. The highest BCUT2D eigenvalue weighted by atomic mass is 35.5. The fraction of sp³-hybridized carbons (Fsp3) is 1.00. The maximum absolute atomic E-state index is 3.88. The van der Waals surface area contributed by atoms with Gasteiger partial charge in [-0.3, -0.25) is 0 Å². The van der Waals surface area contributed by atoms with E-state index in [9.17, 15) is 0 Å². The van der Waals surface area contributed by atoms with E-state index in [0.717, 1.165) is 13.1 Å². The van der Waals surface area contributed by atoms with E-state index >= 15 is 0 Å². The van der Waals surface area contributed by atoms with Crippen molar-refractivity contribution in [2.45, 2.75) is 194 Å². The smallest absolute Gasteiger partial charge is 0.0739 e. The van der Waals surface area contributed by atoms with Gasteiger partial charge in [0, 0.05) is 0 Å². The van der Waals surface area contributed by atoms with Gasteiger partial charge in [-0.15, -0.1) is 0 Å². The molecule has 0 atom stereocenters. The molecule has 0 amide bonds. The van der Waals surface area contributed by atoms with E-state index in [2.05, 4.69) is 25.3 Å². The van der Waals surface area contributed by atoms with Gasteiger partial charge >= 0.3 is 0 Å². The Morgan fingerprint density at radius 3 is 0.528 bits per heavy atom. The Morgan fingerprint density at radius 2 is 0.389 bits per heavy atom. The fourth-order valence-corrected chi connectivity index (χ4v) is 4.74. The Morgan fingerprint density at radius 1 is 0.250 bits per heavy atom. The molecule has 0 aromatic rings. The molecule has 0 unspecified atom stereocenters. The second kappa shape index (κ2) is 45.4. The van der Waals surface area contributed by atoms with E-state index in [-0.39, 0.29) is 24.8 Å². The Bertz CT molecular complexity index is 259. The molecule has 224 valence electrons. The van der Waals surface area contributed by atoms with E-state index in [1.54, 1.807) is 0 Å². The van der Waals surface area contributed by atoms with Crippen LogP contribution in [0.1, 0.15) is 194 Å². The van der Waals surface area contributed by atoms with Gasteiger partial charge < -0.3 is 36.3 Å². The first-order chi connectivity index (χ1) is 16.8. The Hall–Kier alpha value is 0.500. The third-order valence-corrected chi connectivity index (χ3v) is 7.21. The lowest BCUT2D eigenvalue weighted by Crippen LogP contribution is -3.00. The van der Waals surface area contributed by atoms with Crippen molar-refractivity contribution in [3.63, 3.8) is 0 Å². The summed E-state index contributed by atoms with van der Waals surface area (Å²) in [4.78, 5) is 0. The topological polar surface area (TPSA) is 55.3 Å². The van der Waals surface area contributed by atoms with E-state index < -0.39 is 0 Å². The van der Waals surface area contributed by atoms with Crippen molar-refractivity contribution in [3.8, 4) is 0 Å². The van der Waals surface area contributed by atoms with Crippen molar-refractivity contribution < 1.29 is 36.3 Å². The molecule has 0 saturated heterocycles. The summed E-state index contributed by atoms with van der Waals surface area (Å²) < 4.78 is 0. The summed E-state index contributed by atoms with van der Waals surface area (Å²) in [5.74, 6) is 0. The minimum atomic E-state index is 0. The van der Waals surface area contributed by atoms with Crippen LogP contribution in [0.2, 0.25) is 0 Å². The lowest BCUT2D eigenvalue weighted by atomic mass is 10.0. The van der Waals surface area contributed by atoms with E-state index in [1.807, 2.05) is 0 Å². The first-order valence-electron chi connectivity index (χ1n) is 16.4. The molecule has 0 radical (unpaired) electrons. The average molecular weight is 556 g/mol. The zero-order valence-corrected chi connectivity index (χ0v) is 26.9. The van der Waals surface area contributed by atoms with Gasteiger partial charge in [-0.1, -0.05) is 168 Å². The molecule has 0 rings (SSSR count). The van der Waals surface area contributed by atoms with Gasteiger partial charge in [0.2, 0.25) is 0 Å². The summed E-state index contributed by atoms with van der Waals surface area (Å²) in [5.41, 5.74) is 7.76. The molecular formula is C32H72Cl2N2. The third-order valence-electron chi connectivity index (χ3n) is 7.21. The number of rotatable bonds is 28. The van der Waals surface area contributed by atoms with Gasteiger partial charge in [0.15, 0.2) is 0 Å². The molecule has 0 saturated carbocycles. The van der Waals surface area contributed by atoms with Crippen LogP contribution >= 0.6 is 0 Å². The van der Waals surface area contributed by atoms with E-state index in [4.69, 9.17) is 0 Å². The Kier molecular flexibility index (Phi) is 54.9. The molecule has 0 aliphatic carbocycles. The van der Waals surface area contributed by atoms with Gasteiger partial charge in [-0.25, -0.2) is 0 Å². The predicted molar refractivity (Wildman–Crippen MR) is 156 cm³/mol. The van der Waals surface area contributed by atoms with Crippen LogP contribution in [0.25, 0.3) is 0 Å². The minimum Gasteiger partial charge on any atom is -1.00 e. The molecular weight excluding hydrogens is 483 g/mol. The van der Waals surface area contributed by atoms with Gasteiger partial charge in [0.05, 0.1) is 13.1 Å². The molecule has 0 aromatic carbocycles. The normalized spacial score (nSPS) is 10.3. The second-order valence-electron chi connectivity index (χ2n) is 10.9. The molecule has 0 heterocycles. The number of hydrogen-bond donors (Lipinski definition) is 2. The van der Waals surface area contributed by atoms with Crippen LogP contribution < -0.4 is 36.3 Å². The zero-order valence-electron chi connectivity index (χ0n) is 25.4. The number of hydrogen-bond acceptors (Lipinski definition) is 0. The standard InChI is InChI=1S/2C16H35N.2ClH/c2*1-2-3-4-5-6-7-8-9-10-11-12-13-14-15-16-17;;/h2*2-17H2,1H3;2*1H. The quantitative estimate of drug-likeness (QED) is 0.139. The highest BCUT2D eigenvalue weighted by molar-refractivity contribution is 4.50. The number of quaternary nitrogens is 2. The molecule has 0 aliphatic heterocycles. The van der Waals surface area contributed by atoms with Gasteiger partial charge in [0.1, 0.15) is 0 Å². The van der Waals surface area contributed by atoms with Crippen LogP contribution in [-0.2, 0) is 0 Å². The van der Waals surface area contributed by atoms with Crippen LogP contribution in [0.5, 0.6) is 0 Å². The molecule has 0 fully saturated rings. The fourth-order valence-electron chi connectivity index (χ4n) is 4.74. The zero-order chi connectivity index (χ0) is 25.2. The number of unbranched alkanes of at least 4 members (excludes halogenated alkanes) is 26. The third kappa shape index (κ3) is 47.7. The van der Waals surface area contributed by atoms with E-state index in [0.29, 0.717) is 0 Å². The summed E-state index contributed by atoms with van der Waals surface area (Å²) in [5, 5.41) is 0. The molecule has 0 bridgehead atoms. The summed E-state index contributed by atoms with van der Waals surface area (Å²) in [7, 11) is 0. The first kappa shape index (κ1) is 43.5. The molecule has 6 N–H and O–H groups in total. The minimum absolute atomic E-state index is 0. The van der Waals surface area contributed by atoms with Crippen molar-refractivity contribution >= 4 is 0 Å². The summed E-state index contributed by atoms with van der Waals surface area (Å²) in [6, 6.07) is 0. The van der Waals surface area contributed by atoms with Crippen molar-refractivity contribution in [1.82, 2.24) is 0 Å². The van der Waals surface area contributed by atoms with Crippen LogP contribution in [0.4, 0.5) is 0 Å². The van der Waals surface area contributed by atoms with E-state index in [1.165, 1.54) is 180 Å². The number of halogens is 2. The van der Waals surface area contributed by atoms with Crippen molar-refractivity contribution in [2.75, 3.05) is 13.1 Å². The predicted octanol–water partition coefficient (Wildman–Crippen LogP) is 3.43. The molecule has 0 aromatic heterocycles. The highest BCUT2D eigenvalue weighted by Crippen LogP contribution is 2.13. The average Bonchev–Trinajstić information content (AvgIpc) is 2.85. The maximum atomic E-state index is 3.88. The molecule has 36 heavy (non-hydrogen) atoms. The van der Waals surface area contributed by atoms with Crippen molar-refractivity contribution in [3.05, 3.63) is 0 Å².